The van der Waals surface area contributed by atoms with Crippen LogP contribution in [0.15, 0.2) is 10.1 Å². The van der Waals surface area contributed by atoms with Crippen molar-refractivity contribution in [3.8, 4) is 0 Å². The maximum Gasteiger partial charge on any atom is 0.264 e. The molecule has 0 aromatic carbocycles. The molecule has 19 heavy (non-hydrogen) atoms. The van der Waals surface area contributed by atoms with Crippen LogP contribution in [0.5, 0.6) is 0 Å². The van der Waals surface area contributed by atoms with E-state index in [1.54, 1.807) is 0 Å². The Hall–Kier alpha value is -0.990. The van der Waals surface area contributed by atoms with Crippen LogP contribution in [-0.4, -0.2) is 61.3 Å². The molecule has 2 rings (SSSR count). The normalized spacial score (nSPS) is 31.5. The van der Waals surface area contributed by atoms with Crippen LogP contribution >= 0.6 is 11.6 Å². The van der Waals surface area contributed by atoms with Crippen LogP contribution in [0.3, 0.4) is 0 Å². The minimum atomic E-state index is -3.21. The van der Waals surface area contributed by atoms with E-state index >= 15 is 0 Å². The first kappa shape index (κ1) is 14.4. The fourth-order valence-electron chi connectivity index (χ4n) is 2.06. The summed E-state index contributed by atoms with van der Waals surface area (Å²) in [6.45, 7) is 0.834. The first-order valence-corrected chi connectivity index (χ1v) is 8.16. The predicted molar refractivity (Wildman–Crippen MR) is 73.1 cm³/mol. The van der Waals surface area contributed by atoms with Crippen LogP contribution in [0.25, 0.3) is 0 Å². The maximum absolute atomic E-state index is 11.5. The van der Waals surface area contributed by atoms with E-state index in [-0.39, 0.29) is 6.04 Å². The predicted octanol–water partition coefficient (Wildman–Crippen LogP) is -0.426. The lowest BCUT2D eigenvalue weighted by Crippen LogP contribution is -2.43. The highest BCUT2D eigenvalue weighted by molar-refractivity contribution is 7.88. The van der Waals surface area contributed by atoms with Gasteiger partial charge >= 0.3 is 0 Å². The Morgan fingerprint density at radius 2 is 2.32 bits per heavy atom. The molecule has 0 radical (unpaired) electrons. The third-order valence-electron chi connectivity index (χ3n) is 3.02. The van der Waals surface area contributed by atoms with E-state index < -0.39 is 21.3 Å². The summed E-state index contributed by atoms with van der Waals surface area (Å²) in [4.78, 5) is 15.7. The molecule has 7 nitrogen and oxygen atoms in total. The SMILES string of the molecule is CS(=O)(=O)N1CCCC(N=C2C=NNC(=O)C2Cl)C1. The molecule has 1 saturated heterocycles. The third-order valence-corrected chi connectivity index (χ3v) is 4.71. The van der Waals surface area contributed by atoms with E-state index in [2.05, 4.69) is 15.5 Å². The van der Waals surface area contributed by atoms with Gasteiger partial charge in [-0.2, -0.15) is 5.10 Å². The molecule has 2 unspecified atom stereocenters. The zero-order valence-corrected chi connectivity index (χ0v) is 12.0. The minimum absolute atomic E-state index is 0.183. The highest BCUT2D eigenvalue weighted by Gasteiger charge is 2.28. The fourth-order valence-corrected chi connectivity index (χ4v) is 3.12. The number of hydrazone groups is 1. The van der Waals surface area contributed by atoms with Gasteiger partial charge in [0.1, 0.15) is 0 Å². The highest BCUT2D eigenvalue weighted by atomic mass is 35.5. The summed E-state index contributed by atoms with van der Waals surface area (Å²) >= 11 is 5.91. The zero-order chi connectivity index (χ0) is 14.0. The Labute approximate surface area is 116 Å². The van der Waals surface area contributed by atoms with E-state index in [4.69, 9.17) is 11.6 Å². The van der Waals surface area contributed by atoms with Crippen LogP contribution < -0.4 is 5.43 Å². The topological polar surface area (TPSA) is 91.2 Å². The summed E-state index contributed by atoms with van der Waals surface area (Å²) in [6.07, 6.45) is 4.10. The van der Waals surface area contributed by atoms with Crippen LogP contribution in [0.4, 0.5) is 0 Å². The smallest absolute Gasteiger partial charge is 0.264 e. The number of aliphatic imine (C=N–C) groups is 1. The number of nitrogens with one attached hydrogen (secondary N) is 1. The van der Waals surface area contributed by atoms with Crippen LogP contribution in [-0.2, 0) is 14.8 Å². The molecular formula is C10H15ClN4O3S. The van der Waals surface area contributed by atoms with Gasteiger partial charge in [-0.1, -0.05) is 0 Å². The molecule has 0 aliphatic carbocycles. The van der Waals surface area contributed by atoms with Gasteiger partial charge in [0, 0.05) is 13.1 Å². The van der Waals surface area contributed by atoms with Crippen molar-refractivity contribution in [1.82, 2.24) is 9.73 Å². The van der Waals surface area contributed by atoms with Crippen molar-refractivity contribution in [3.05, 3.63) is 0 Å². The van der Waals surface area contributed by atoms with Crippen molar-refractivity contribution in [2.45, 2.75) is 24.3 Å². The fraction of sp³-hybridized carbons (Fsp3) is 0.700. The average Bonchev–Trinajstić information content (AvgIpc) is 2.34. The summed E-state index contributed by atoms with van der Waals surface area (Å²) in [7, 11) is -3.21. The highest BCUT2D eigenvalue weighted by Crippen LogP contribution is 2.17. The third kappa shape index (κ3) is 3.52. The van der Waals surface area contributed by atoms with E-state index in [9.17, 15) is 13.2 Å². The molecule has 1 N–H and O–H groups in total. The van der Waals surface area contributed by atoms with E-state index in [0.29, 0.717) is 18.8 Å². The largest absolute Gasteiger partial charge is 0.281 e. The monoisotopic (exact) mass is 306 g/mol. The van der Waals surface area contributed by atoms with Crippen molar-refractivity contribution in [2.75, 3.05) is 19.3 Å². The van der Waals surface area contributed by atoms with Crippen molar-refractivity contribution in [3.63, 3.8) is 0 Å². The lowest BCUT2D eigenvalue weighted by Gasteiger charge is -2.29. The first-order chi connectivity index (χ1) is 8.88. The minimum Gasteiger partial charge on any atom is -0.281 e. The molecule has 2 heterocycles. The number of alkyl halides is 1. The molecule has 0 spiro atoms. The number of halogens is 1. The number of hydrogen-bond acceptors (Lipinski definition) is 5. The van der Waals surface area contributed by atoms with Gasteiger partial charge in [-0.3, -0.25) is 9.79 Å². The van der Waals surface area contributed by atoms with Gasteiger partial charge in [-0.05, 0) is 12.8 Å². The number of carbonyl (C=O) groups is 1. The molecule has 2 atom stereocenters. The van der Waals surface area contributed by atoms with Gasteiger partial charge in [0.2, 0.25) is 10.0 Å². The number of nitrogens with zero attached hydrogens (tertiary/aromatic N) is 3. The van der Waals surface area contributed by atoms with Crippen molar-refractivity contribution < 1.29 is 13.2 Å². The molecule has 2 aliphatic heterocycles. The summed E-state index contributed by atoms with van der Waals surface area (Å²) < 4.78 is 24.4. The summed E-state index contributed by atoms with van der Waals surface area (Å²) in [5.41, 5.74) is 2.62. The maximum atomic E-state index is 11.5. The molecule has 1 amide bonds. The van der Waals surface area contributed by atoms with Crippen LogP contribution in [0.1, 0.15) is 12.8 Å². The number of rotatable bonds is 2. The number of hydrogen-bond donors (Lipinski definition) is 1. The molecule has 0 bridgehead atoms. The van der Waals surface area contributed by atoms with Crippen LogP contribution in [0, 0.1) is 0 Å². The Balaban J connectivity index is 2.12. The lowest BCUT2D eigenvalue weighted by atomic mass is 10.1. The van der Waals surface area contributed by atoms with Crippen LogP contribution in [0.2, 0.25) is 0 Å². The molecule has 0 aromatic heterocycles. The Bertz CT molecular complexity index is 531. The van der Waals surface area contributed by atoms with Gasteiger partial charge < -0.3 is 0 Å². The molecule has 2 aliphatic rings. The second-order valence-electron chi connectivity index (χ2n) is 4.57. The van der Waals surface area contributed by atoms with Gasteiger partial charge in [-0.25, -0.2) is 18.1 Å². The van der Waals surface area contributed by atoms with Crippen molar-refractivity contribution in [1.29, 1.82) is 0 Å². The first-order valence-electron chi connectivity index (χ1n) is 5.88. The number of carbonyl (C=O) groups excluding carboxylic acids is 1. The van der Waals surface area contributed by atoms with Gasteiger partial charge in [0.05, 0.1) is 24.2 Å². The van der Waals surface area contributed by atoms with Crippen molar-refractivity contribution in [2.24, 2.45) is 10.1 Å². The summed E-state index contributed by atoms with van der Waals surface area (Å²) in [5.74, 6) is -0.418. The molecule has 1 fully saturated rings. The second-order valence-corrected chi connectivity index (χ2v) is 6.99. The van der Waals surface area contributed by atoms with Gasteiger partial charge in [0.25, 0.3) is 5.91 Å². The quantitative estimate of drug-likeness (QED) is 0.702. The molecular weight excluding hydrogens is 292 g/mol. The Kier molecular flexibility index (Phi) is 4.22. The summed E-state index contributed by atoms with van der Waals surface area (Å²) in [5, 5.41) is 2.78. The average molecular weight is 307 g/mol. The zero-order valence-electron chi connectivity index (χ0n) is 10.4. The molecule has 9 heteroatoms. The number of piperidine rings is 1. The van der Waals surface area contributed by atoms with Crippen molar-refractivity contribution >= 4 is 39.5 Å². The molecule has 0 saturated carbocycles. The summed E-state index contributed by atoms with van der Waals surface area (Å²) in [6, 6.07) is -0.183. The van der Waals surface area contributed by atoms with E-state index in [1.165, 1.54) is 16.8 Å². The lowest BCUT2D eigenvalue weighted by molar-refractivity contribution is -0.119. The standard InChI is InChI=1S/C10H15ClN4O3S/c1-19(17,18)15-4-2-3-7(6-15)13-8-5-12-14-10(16)9(8)11/h5,7,9H,2-4,6H2,1H3,(H,14,16). The van der Waals surface area contributed by atoms with Gasteiger partial charge in [0.15, 0.2) is 5.38 Å². The molecule has 106 valence electrons. The van der Waals surface area contributed by atoms with E-state index in [0.717, 1.165) is 12.8 Å². The number of amides is 1. The Morgan fingerprint density at radius 3 is 3.00 bits per heavy atom. The Morgan fingerprint density at radius 1 is 1.58 bits per heavy atom. The van der Waals surface area contributed by atoms with Gasteiger partial charge in [-0.15, -0.1) is 11.6 Å². The number of sulfonamides is 1. The second kappa shape index (κ2) is 5.56. The molecule has 0 aromatic rings. The van der Waals surface area contributed by atoms with E-state index in [1.807, 2.05) is 0 Å².